The first kappa shape index (κ1) is 12.2. The van der Waals surface area contributed by atoms with Crippen molar-refractivity contribution in [3.05, 3.63) is 23.8 Å². The third-order valence-electron chi connectivity index (χ3n) is 1.72. The molecule has 0 bridgehead atoms. The Balaban J connectivity index is 3.32. The molecule has 74 valence electrons. The fourth-order valence-electron chi connectivity index (χ4n) is 0.991. The molecule has 0 N–H and O–H groups in total. The first-order valence-corrected chi connectivity index (χ1v) is 4.90. The van der Waals surface area contributed by atoms with E-state index in [-0.39, 0.29) is 5.78 Å². The lowest BCUT2D eigenvalue weighted by molar-refractivity contribution is -0.116. The molecule has 13 heavy (non-hydrogen) atoms. The highest BCUT2D eigenvalue weighted by molar-refractivity contribution is 5.75. The van der Waals surface area contributed by atoms with Crippen LogP contribution in [-0.4, -0.2) is 5.78 Å². The molecule has 0 aliphatic carbocycles. The highest BCUT2D eigenvalue weighted by Crippen LogP contribution is 1.99. The number of unbranched alkanes of at least 4 members (excludes halogenated alkanes) is 1. The summed E-state index contributed by atoms with van der Waals surface area (Å²) in [5.74, 6) is 0.272. The summed E-state index contributed by atoms with van der Waals surface area (Å²) >= 11 is 0. The molecule has 0 rings (SSSR count). The van der Waals surface area contributed by atoms with E-state index in [0.29, 0.717) is 6.42 Å². The molecule has 0 amide bonds. The van der Waals surface area contributed by atoms with Gasteiger partial charge in [0.15, 0.2) is 0 Å². The van der Waals surface area contributed by atoms with E-state index in [2.05, 4.69) is 32.1 Å². The molecule has 0 radical (unpaired) electrons. The molecule has 0 atom stereocenters. The molecule has 1 nitrogen and oxygen atoms in total. The smallest absolute Gasteiger partial charge is 0.130 e. The van der Waals surface area contributed by atoms with Gasteiger partial charge in [0.1, 0.15) is 5.78 Å². The van der Waals surface area contributed by atoms with Crippen LogP contribution in [0, 0.1) is 0 Å². The van der Waals surface area contributed by atoms with Crippen LogP contribution in [-0.2, 0) is 4.79 Å². The maximum absolute atomic E-state index is 10.6. The quantitative estimate of drug-likeness (QED) is 0.450. The van der Waals surface area contributed by atoms with Gasteiger partial charge in [0.2, 0.25) is 0 Å². The second-order valence-corrected chi connectivity index (χ2v) is 3.57. The normalized spacial score (nSPS) is 10.4. The van der Waals surface area contributed by atoms with Gasteiger partial charge in [0.05, 0.1) is 0 Å². The van der Waals surface area contributed by atoms with Crippen molar-refractivity contribution in [2.75, 3.05) is 0 Å². The number of hydrogen-bond donors (Lipinski definition) is 0. The molecule has 0 unspecified atom stereocenters. The lowest BCUT2D eigenvalue weighted by Gasteiger charge is -1.90. The van der Waals surface area contributed by atoms with E-state index in [1.807, 2.05) is 0 Å². The standard InChI is InChI=1S/C12H20O/c1-11(2)9-7-5-4-6-8-10-12(3)13/h4,6,9H,5,7-8,10H2,1-3H3/b6-4+. The minimum Gasteiger partial charge on any atom is -0.300 e. The van der Waals surface area contributed by atoms with Crippen LogP contribution in [0.1, 0.15) is 46.5 Å². The zero-order valence-electron chi connectivity index (χ0n) is 8.97. The van der Waals surface area contributed by atoms with Crippen molar-refractivity contribution >= 4 is 5.78 Å². The first-order valence-electron chi connectivity index (χ1n) is 4.90. The summed E-state index contributed by atoms with van der Waals surface area (Å²) in [7, 11) is 0. The SMILES string of the molecule is CC(=O)CC/C=C/CCC=C(C)C. The molecule has 0 aliphatic heterocycles. The van der Waals surface area contributed by atoms with Crippen molar-refractivity contribution in [3.63, 3.8) is 0 Å². The maximum Gasteiger partial charge on any atom is 0.130 e. The number of hydrogen-bond acceptors (Lipinski definition) is 1. The molecular weight excluding hydrogens is 160 g/mol. The van der Waals surface area contributed by atoms with Gasteiger partial charge in [-0.25, -0.2) is 0 Å². The number of ketones is 1. The van der Waals surface area contributed by atoms with Crippen molar-refractivity contribution < 1.29 is 4.79 Å². The molecule has 0 aromatic rings. The van der Waals surface area contributed by atoms with Crippen molar-refractivity contribution in [2.24, 2.45) is 0 Å². The van der Waals surface area contributed by atoms with Crippen LogP contribution in [0.3, 0.4) is 0 Å². The number of Topliss-reactive ketones (excluding diaryl/α,β-unsaturated/α-hetero) is 1. The highest BCUT2D eigenvalue weighted by atomic mass is 16.1. The number of carbonyl (C=O) groups is 1. The van der Waals surface area contributed by atoms with Crippen LogP contribution >= 0.6 is 0 Å². The second-order valence-electron chi connectivity index (χ2n) is 3.57. The molecule has 0 saturated heterocycles. The number of rotatable bonds is 6. The van der Waals surface area contributed by atoms with Crippen LogP contribution in [0.5, 0.6) is 0 Å². The Labute approximate surface area is 81.5 Å². The highest BCUT2D eigenvalue weighted by Gasteiger charge is 1.87. The Bertz CT molecular complexity index is 195. The average Bonchev–Trinajstić information content (AvgIpc) is 2.01. The van der Waals surface area contributed by atoms with Crippen molar-refractivity contribution in [2.45, 2.75) is 46.5 Å². The Morgan fingerprint density at radius 3 is 2.15 bits per heavy atom. The Morgan fingerprint density at radius 2 is 1.62 bits per heavy atom. The average molecular weight is 180 g/mol. The van der Waals surface area contributed by atoms with Gasteiger partial charge in [-0.3, -0.25) is 0 Å². The van der Waals surface area contributed by atoms with Crippen LogP contribution in [0.4, 0.5) is 0 Å². The summed E-state index contributed by atoms with van der Waals surface area (Å²) in [5.41, 5.74) is 1.37. The lowest BCUT2D eigenvalue weighted by Crippen LogP contribution is -1.86. The Morgan fingerprint density at radius 1 is 1.00 bits per heavy atom. The molecule has 0 spiro atoms. The minimum atomic E-state index is 0.272. The first-order chi connectivity index (χ1) is 6.13. The number of allylic oxidation sites excluding steroid dienone is 4. The molecular formula is C12H20O. The maximum atomic E-state index is 10.6. The van der Waals surface area contributed by atoms with Crippen molar-refractivity contribution in [1.29, 1.82) is 0 Å². The fraction of sp³-hybridized carbons (Fsp3) is 0.583. The predicted octanol–water partition coefficient (Wildman–Crippen LogP) is 3.66. The van der Waals surface area contributed by atoms with E-state index in [0.717, 1.165) is 19.3 Å². The third-order valence-corrected chi connectivity index (χ3v) is 1.72. The predicted molar refractivity (Wildman–Crippen MR) is 57.7 cm³/mol. The zero-order valence-corrected chi connectivity index (χ0v) is 8.97. The van der Waals surface area contributed by atoms with Crippen molar-refractivity contribution in [1.82, 2.24) is 0 Å². The third kappa shape index (κ3) is 11.1. The van der Waals surface area contributed by atoms with Gasteiger partial charge < -0.3 is 4.79 Å². The van der Waals surface area contributed by atoms with Crippen LogP contribution in [0.25, 0.3) is 0 Å². The second kappa shape index (κ2) is 7.78. The van der Waals surface area contributed by atoms with Gasteiger partial charge in [0, 0.05) is 6.42 Å². The van der Waals surface area contributed by atoms with E-state index in [1.165, 1.54) is 5.57 Å². The largest absolute Gasteiger partial charge is 0.300 e. The lowest BCUT2D eigenvalue weighted by atomic mass is 10.2. The van der Waals surface area contributed by atoms with Crippen LogP contribution in [0.15, 0.2) is 23.8 Å². The van der Waals surface area contributed by atoms with Gasteiger partial charge in [0.25, 0.3) is 0 Å². The topological polar surface area (TPSA) is 17.1 Å². The van der Waals surface area contributed by atoms with E-state index < -0.39 is 0 Å². The van der Waals surface area contributed by atoms with Crippen LogP contribution in [0.2, 0.25) is 0 Å². The van der Waals surface area contributed by atoms with Gasteiger partial charge in [-0.2, -0.15) is 0 Å². The molecule has 1 heteroatoms. The molecule has 0 saturated carbocycles. The van der Waals surface area contributed by atoms with Gasteiger partial charge in [-0.15, -0.1) is 0 Å². The zero-order chi connectivity index (χ0) is 10.1. The van der Waals surface area contributed by atoms with Crippen LogP contribution < -0.4 is 0 Å². The summed E-state index contributed by atoms with van der Waals surface area (Å²) in [6, 6.07) is 0. The fourth-order valence-corrected chi connectivity index (χ4v) is 0.991. The van der Waals surface area contributed by atoms with E-state index in [1.54, 1.807) is 6.92 Å². The summed E-state index contributed by atoms with van der Waals surface area (Å²) < 4.78 is 0. The molecule has 0 heterocycles. The summed E-state index contributed by atoms with van der Waals surface area (Å²) in [6.07, 6.45) is 10.3. The van der Waals surface area contributed by atoms with Gasteiger partial charge in [-0.1, -0.05) is 23.8 Å². The molecule has 0 fully saturated rings. The number of carbonyl (C=O) groups excluding carboxylic acids is 1. The monoisotopic (exact) mass is 180 g/mol. The van der Waals surface area contributed by atoms with E-state index in [9.17, 15) is 4.79 Å². The van der Waals surface area contributed by atoms with Gasteiger partial charge in [-0.05, 0) is 40.0 Å². The molecule has 0 aromatic heterocycles. The summed E-state index contributed by atoms with van der Waals surface area (Å²) in [5, 5.41) is 0. The van der Waals surface area contributed by atoms with Crippen molar-refractivity contribution in [3.8, 4) is 0 Å². The molecule has 0 aliphatic rings. The summed E-state index contributed by atoms with van der Waals surface area (Å²) in [4.78, 5) is 10.6. The Hall–Kier alpha value is -0.850. The Kier molecular flexibility index (Phi) is 7.27. The summed E-state index contributed by atoms with van der Waals surface area (Å²) in [6.45, 7) is 5.86. The van der Waals surface area contributed by atoms with E-state index >= 15 is 0 Å². The van der Waals surface area contributed by atoms with E-state index in [4.69, 9.17) is 0 Å². The minimum absolute atomic E-state index is 0.272. The van der Waals surface area contributed by atoms with Gasteiger partial charge >= 0.3 is 0 Å². The molecule has 0 aromatic carbocycles.